The number of carbonyl (C=O) groups is 1. The number of nitrogens with one attached hydrogen (secondary N) is 1. The fraction of sp³-hybridized carbons (Fsp3) is 0.250. The standard InChI is InChI=1S/C20H24N2O3S2/c1-4-22(5-2)27(24,25)19-12-9-16(10-13-19)11-14-20(23)21-17-7-6-8-18(15-17)26-3/h6-15H,4-5H2,1-3H3,(H,21,23)/b14-11+. The highest BCUT2D eigenvalue weighted by Crippen LogP contribution is 2.19. The number of rotatable bonds is 8. The molecular formula is C20H24N2O3S2. The molecule has 0 unspecified atom stereocenters. The first-order chi connectivity index (χ1) is 12.9. The Morgan fingerprint density at radius 3 is 2.37 bits per heavy atom. The molecule has 0 spiro atoms. The van der Waals surface area contributed by atoms with E-state index in [1.165, 1.54) is 10.4 Å². The lowest BCUT2D eigenvalue weighted by Crippen LogP contribution is -2.30. The van der Waals surface area contributed by atoms with Crippen LogP contribution in [0.15, 0.2) is 64.4 Å². The van der Waals surface area contributed by atoms with E-state index in [4.69, 9.17) is 0 Å². The van der Waals surface area contributed by atoms with Crippen LogP contribution in [0.5, 0.6) is 0 Å². The van der Waals surface area contributed by atoms with Crippen molar-refractivity contribution in [3.05, 3.63) is 60.2 Å². The van der Waals surface area contributed by atoms with Crippen LogP contribution >= 0.6 is 11.8 Å². The molecule has 0 saturated carbocycles. The van der Waals surface area contributed by atoms with E-state index in [0.29, 0.717) is 13.1 Å². The number of hydrogen-bond acceptors (Lipinski definition) is 4. The summed E-state index contributed by atoms with van der Waals surface area (Å²) in [6, 6.07) is 14.1. The third kappa shape index (κ3) is 5.69. The number of hydrogen-bond donors (Lipinski definition) is 1. The van der Waals surface area contributed by atoms with E-state index >= 15 is 0 Å². The Morgan fingerprint density at radius 1 is 1.11 bits per heavy atom. The Hall–Kier alpha value is -2.09. The average Bonchev–Trinajstić information content (AvgIpc) is 2.67. The summed E-state index contributed by atoms with van der Waals surface area (Å²) in [7, 11) is -3.47. The van der Waals surface area contributed by atoms with Gasteiger partial charge in [0.1, 0.15) is 0 Å². The average molecular weight is 405 g/mol. The summed E-state index contributed by atoms with van der Waals surface area (Å²) in [5.41, 5.74) is 1.48. The van der Waals surface area contributed by atoms with E-state index in [9.17, 15) is 13.2 Å². The predicted octanol–water partition coefficient (Wildman–Crippen LogP) is 4.09. The highest BCUT2D eigenvalue weighted by molar-refractivity contribution is 7.98. The molecule has 0 radical (unpaired) electrons. The van der Waals surface area contributed by atoms with Gasteiger partial charge in [0.2, 0.25) is 15.9 Å². The molecular weight excluding hydrogens is 380 g/mol. The monoisotopic (exact) mass is 404 g/mol. The fourth-order valence-corrected chi connectivity index (χ4v) is 4.44. The molecule has 0 fully saturated rings. The van der Waals surface area contributed by atoms with Crippen LogP contribution in [0.2, 0.25) is 0 Å². The lowest BCUT2D eigenvalue weighted by Gasteiger charge is -2.18. The van der Waals surface area contributed by atoms with Gasteiger partial charge in [-0.2, -0.15) is 4.31 Å². The van der Waals surface area contributed by atoms with Crippen molar-refractivity contribution in [1.82, 2.24) is 4.31 Å². The van der Waals surface area contributed by atoms with E-state index < -0.39 is 10.0 Å². The van der Waals surface area contributed by atoms with Crippen LogP contribution in [-0.2, 0) is 14.8 Å². The Morgan fingerprint density at radius 2 is 1.78 bits per heavy atom. The molecule has 2 rings (SSSR count). The smallest absolute Gasteiger partial charge is 0.248 e. The number of carbonyl (C=O) groups excluding carboxylic acids is 1. The molecule has 0 aliphatic carbocycles. The first-order valence-corrected chi connectivity index (χ1v) is 11.3. The molecule has 1 amide bonds. The van der Waals surface area contributed by atoms with Crippen molar-refractivity contribution in [2.45, 2.75) is 23.6 Å². The van der Waals surface area contributed by atoms with Gasteiger partial charge in [0.05, 0.1) is 4.90 Å². The molecule has 0 bridgehead atoms. The zero-order valence-electron chi connectivity index (χ0n) is 15.7. The molecule has 0 heterocycles. The summed E-state index contributed by atoms with van der Waals surface area (Å²) in [6.07, 6.45) is 5.06. The summed E-state index contributed by atoms with van der Waals surface area (Å²) in [6.45, 7) is 4.48. The summed E-state index contributed by atoms with van der Waals surface area (Å²) >= 11 is 1.61. The minimum atomic E-state index is -3.47. The van der Waals surface area contributed by atoms with Gasteiger partial charge in [-0.1, -0.05) is 32.0 Å². The van der Waals surface area contributed by atoms with Gasteiger partial charge in [-0.25, -0.2) is 8.42 Å². The molecule has 0 saturated heterocycles. The van der Waals surface area contributed by atoms with Crippen molar-refractivity contribution in [2.24, 2.45) is 0 Å². The Kier molecular flexibility index (Phi) is 7.65. The van der Waals surface area contributed by atoms with Crippen LogP contribution in [0, 0.1) is 0 Å². The lowest BCUT2D eigenvalue weighted by atomic mass is 10.2. The van der Waals surface area contributed by atoms with Crippen LogP contribution < -0.4 is 5.32 Å². The van der Waals surface area contributed by atoms with E-state index in [1.807, 2.05) is 44.4 Å². The molecule has 0 aliphatic rings. The number of sulfonamides is 1. The predicted molar refractivity (Wildman–Crippen MR) is 112 cm³/mol. The van der Waals surface area contributed by atoms with Gasteiger partial charge in [-0.15, -0.1) is 11.8 Å². The van der Waals surface area contributed by atoms with Crippen LogP contribution in [-0.4, -0.2) is 38.0 Å². The zero-order chi connectivity index (χ0) is 19.9. The molecule has 0 aromatic heterocycles. The van der Waals surface area contributed by atoms with Gasteiger partial charge in [0.15, 0.2) is 0 Å². The molecule has 1 N–H and O–H groups in total. The minimum Gasteiger partial charge on any atom is -0.322 e. The highest BCUT2D eigenvalue weighted by atomic mass is 32.2. The van der Waals surface area contributed by atoms with E-state index in [-0.39, 0.29) is 10.8 Å². The molecule has 0 atom stereocenters. The van der Waals surface area contributed by atoms with Crippen molar-refractivity contribution in [3.8, 4) is 0 Å². The van der Waals surface area contributed by atoms with Crippen molar-refractivity contribution in [1.29, 1.82) is 0 Å². The minimum absolute atomic E-state index is 0.243. The van der Waals surface area contributed by atoms with Crippen LogP contribution in [0.4, 0.5) is 5.69 Å². The Balaban J connectivity index is 2.06. The number of benzene rings is 2. The first kappa shape index (κ1) is 21.2. The topological polar surface area (TPSA) is 66.5 Å². The maximum Gasteiger partial charge on any atom is 0.248 e. The molecule has 2 aromatic rings. The second-order valence-electron chi connectivity index (χ2n) is 5.71. The third-order valence-corrected chi connectivity index (χ3v) is 6.78. The van der Waals surface area contributed by atoms with Crippen molar-refractivity contribution < 1.29 is 13.2 Å². The summed E-state index contributed by atoms with van der Waals surface area (Å²) in [4.78, 5) is 13.4. The van der Waals surface area contributed by atoms with Gasteiger partial charge in [0, 0.05) is 29.7 Å². The molecule has 5 nitrogen and oxygen atoms in total. The zero-order valence-corrected chi connectivity index (χ0v) is 17.3. The summed E-state index contributed by atoms with van der Waals surface area (Å²) in [5.74, 6) is -0.243. The van der Waals surface area contributed by atoms with E-state index in [0.717, 1.165) is 16.1 Å². The maximum atomic E-state index is 12.5. The molecule has 27 heavy (non-hydrogen) atoms. The number of thioether (sulfide) groups is 1. The lowest BCUT2D eigenvalue weighted by molar-refractivity contribution is -0.111. The van der Waals surface area contributed by atoms with Gasteiger partial charge in [0.25, 0.3) is 0 Å². The normalized spacial score (nSPS) is 11.9. The number of amides is 1. The highest BCUT2D eigenvalue weighted by Gasteiger charge is 2.20. The van der Waals surface area contributed by atoms with Crippen molar-refractivity contribution >= 4 is 39.5 Å². The molecule has 0 aliphatic heterocycles. The second kappa shape index (κ2) is 9.73. The van der Waals surface area contributed by atoms with Gasteiger partial charge in [-0.3, -0.25) is 4.79 Å². The van der Waals surface area contributed by atoms with Gasteiger partial charge < -0.3 is 5.32 Å². The van der Waals surface area contributed by atoms with Crippen LogP contribution in [0.3, 0.4) is 0 Å². The number of nitrogens with zero attached hydrogens (tertiary/aromatic N) is 1. The van der Waals surface area contributed by atoms with E-state index in [2.05, 4.69) is 5.32 Å². The van der Waals surface area contributed by atoms with Crippen LogP contribution in [0.1, 0.15) is 19.4 Å². The fourth-order valence-electron chi connectivity index (χ4n) is 2.52. The Labute approximate surface area is 165 Å². The molecule has 7 heteroatoms. The van der Waals surface area contributed by atoms with Crippen molar-refractivity contribution in [3.63, 3.8) is 0 Å². The Bertz CT molecular complexity index is 903. The quantitative estimate of drug-likeness (QED) is 0.532. The molecule has 2 aromatic carbocycles. The van der Waals surface area contributed by atoms with Crippen molar-refractivity contribution in [2.75, 3.05) is 24.7 Å². The summed E-state index contributed by atoms with van der Waals surface area (Å²) < 4.78 is 26.3. The second-order valence-corrected chi connectivity index (χ2v) is 8.53. The van der Waals surface area contributed by atoms with Gasteiger partial charge in [-0.05, 0) is 48.2 Å². The van der Waals surface area contributed by atoms with Gasteiger partial charge >= 0.3 is 0 Å². The number of anilines is 1. The first-order valence-electron chi connectivity index (χ1n) is 8.64. The van der Waals surface area contributed by atoms with Crippen LogP contribution in [0.25, 0.3) is 6.08 Å². The maximum absolute atomic E-state index is 12.5. The SMILES string of the molecule is CCN(CC)S(=O)(=O)c1ccc(/C=C/C(=O)Nc2cccc(SC)c2)cc1. The summed E-state index contributed by atoms with van der Waals surface area (Å²) in [5, 5.41) is 2.81. The largest absolute Gasteiger partial charge is 0.322 e. The molecule has 144 valence electrons. The van der Waals surface area contributed by atoms with E-state index in [1.54, 1.807) is 42.1 Å². The third-order valence-electron chi connectivity index (χ3n) is 3.99.